The molecule has 2 N–H and O–H groups in total. The first-order chi connectivity index (χ1) is 14.3. The van der Waals surface area contributed by atoms with Gasteiger partial charge in [0, 0.05) is 6.07 Å². The summed E-state index contributed by atoms with van der Waals surface area (Å²) in [6, 6.07) is 18.4. The van der Waals surface area contributed by atoms with E-state index in [1.54, 1.807) is 42.5 Å². The molecule has 0 heterocycles. The summed E-state index contributed by atoms with van der Waals surface area (Å²) in [7, 11) is -4.18. The van der Waals surface area contributed by atoms with Gasteiger partial charge in [-0.1, -0.05) is 42.5 Å². The Morgan fingerprint density at radius 1 is 0.967 bits per heavy atom. The van der Waals surface area contributed by atoms with Crippen LogP contribution in [0, 0.1) is 10.1 Å². The first kappa shape index (κ1) is 21.0. The number of hydrogen-bond donors (Lipinski definition) is 2. The minimum atomic E-state index is -4.18. The number of aromatic carboxylic acids is 1. The van der Waals surface area contributed by atoms with E-state index in [0.29, 0.717) is 24.1 Å². The lowest BCUT2D eigenvalue weighted by molar-refractivity contribution is -0.387. The lowest BCUT2D eigenvalue weighted by Crippen LogP contribution is -2.16. The fraction of sp³-hybridized carbons (Fsp3) is 0.0952. The van der Waals surface area contributed by atoms with E-state index in [2.05, 4.69) is 4.72 Å². The molecule has 0 aliphatic carbocycles. The number of rotatable bonds is 8. The van der Waals surface area contributed by atoms with Crippen LogP contribution in [-0.2, 0) is 22.9 Å². The van der Waals surface area contributed by atoms with Crippen molar-refractivity contribution in [3.05, 3.63) is 99.6 Å². The standard InChI is InChI=1S/C21H18N2O6S/c24-21(25)17-8-5-6-15(14-17)12-13-16-7-1-2-9-18(16)22-30(28,29)20-11-4-3-10-19(20)23(26)27/h1-11,14,22H,12-13H2,(H,24,25). The van der Waals surface area contributed by atoms with E-state index in [-0.39, 0.29) is 5.56 Å². The lowest BCUT2D eigenvalue weighted by atomic mass is 10.0. The zero-order chi connectivity index (χ0) is 21.7. The highest BCUT2D eigenvalue weighted by Gasteiger charge is 2.25. The van der Waals surface area contributed by atoms with Crippen LogP contribution in [0.15, 0.2) is 77.7 Å². The van der Waals surface area contributed by atoms with E-state index in [4.69, 9.17) is 5.11 Å². The summed E-state index contributed by atoms with van der Waals surface area (Å²) in [6.07, 6.45) is 0.935. The number of aryl methyl sites for hydroxylation is 2. The third-order valence-corrected chi connectivity index (χ3v) is 5.88. The second kappa shape index (κ2) is 8.75. The van der Waals surface area contributed by atoms with Gasteiger partial charge < -0.3 is 5.11 Å². The fourth-order valence-corrected chi connectivity index (χ4v) is 4.29. The van der Waals surface area contributed by atoms with Crippen molar-refractivity contribution in [1.29, 1.82) is 0 Å². The molecular formula is C21H18N2O6S. The number of carboxylic acid groups (broad SMARTS) is 1. The van der Waals surface area contributed by atoms with Gasteiger partial charge in [0.1, 0.15) is 0 Å². The summed E-state index contributed by atoms with van der Waals surface area (Å²) >= 11 is 0. The van der Waals surface area contributed by atoms with Crippen molar-refractivity contribution in [3.8, 4) is 0 Å². The average Bonchev–Trinajstić information content (AvgIpc) is 2.73. The molecule has 0 bridgehead atoms. The first-order valence-electron chi connectivity index (χ1n) is 8.94. The maximum Gasteiger partial charge on any atom is 0.335 e. The van der Waals surface area contributed by atoms with Crippen molar-refractivity contribution < 1.29 is 23.2 Å². The molecule has 3 rings (SSSR count). The van der Waals surface area contributed by atoms with Crippen LogP contribution in [0.5, 0.6) is 0 Å². The van der Waals surface area contributed by atoms with Crippen LogP contribution in [0.3, 0.4) is 0 Å². The summed E-state index contributed by atoms with van der Waals surface area (Å²) in [4.78, 5) is 21.2. The van der Waals surface area contributed by atoms with Crippen molar-refractivity contribution >= 4 is 27.4 Å². The smallest absolute Gasteiger partial charge is 0.335 e. The number of nitrogens with one attached hydrogen (secondary N) is 1. The molecule has 9 heteroatoms. The number of sulfonamides is 1. The predicted molar refractivity (Wildman–Crippen MR) is 111 cm³/mol. The highest BCUT2D eigenvalue weighted by Crippen LogP contribution is 2.27. The molecule has 8 nitrogen and oxygen atoms in total. The summed E-state index contributed by atoms with van der Waals surface area (Å²) in [5.74, 6) is -1.02. The van der Waals surface area contributed by atoms with Crippen LogP contribution < -0.4 is 4.72 Å². The van der Waals surface area contributed by atoms with Gasteiger partial charge in [-0.2, -0.15) is 0 Å². The average molecular weight is 426 g/mol. The van der Waals surface area contributed by atoms with Crippen molar-refractivity contribution in [3.63, 3.8) is 0 Å². The number of carbonyl (C=O) groups is 1. The van der Waals surface area contributed by atoms with Gasteiger partial charge >= 0.3 is 5.97 Å². The van der Waals surface area contributed by atoms with Crippen LogP contribution in [0.1, 0.15) is 21.5 Å². The maximum atomic E-state index is 12.8. The molecule has 0 saturated carbocycles. The topological polar surface area (TPSA) is 127 Å². The van der Waals surface area contributed by atoms with Crippen LogP contribution in [0.2, 0.25) is 0 Å². The van der Waals surface area contributed by atoms with E-state index in [1.807, 2.05) is 0 Å². The molecule has 3 aromatic carbocycles. The molecule has 0 amide bonds. The Hall–Kier alpha value is -3.72. The third-order valence-electron chi connectivity index (χ3n) is 4.47. The number of benzene rings is 3. The van der Waals surface area contributed by atoms with Crippen LogP contribution in [-0.4, -0.2) is 24.4 Å². The molecule has 0 unspecified atom stereocenters. The molecule has 0 fully saturated rings. The Morgan fingerprint density at radius 3 is 2.40 bits per heavy atom. The number of nitro groups is 1. The zero-order valence-electron chi connectivity index (χ0n) is 15.7. The molecule has 0 saturated heterocycles. The molecule has 0 spiro atoms. The number of nitro benzene ring substituents is 1. The SMILES string of the molecule is O=C(O)c1cccc(CCc2ccccc2NS(=O)(=O)c2ccccc2[N+](=O)[O-])c1. The third kappa shape index (κ3) is 4.81. The Kier molecular flexibility index (Phi) is 6.12. The van der Waals surface area contributed by atoms with Gasteiger partial charge in [-0.25, -0.2) is 13.2 Å². The van der Waals surface area contributed by atoms with Crippen molar-refractivity contribution in [2.75, 3.05) is 4.72 Å². The van der Waals surface area contributed by atoms with E-state index in [0.717, 1.165) is 11.6 Å². The van der Waals surface area contributed by atoms with Gasteiger partial charge in [-0.15, -0.1) is 0 Å². The fourth-order valence-electron chi connectivity index (χ4n) is 3.01. The van der Waals surface area contributed by atoms with Gasteiger partial charge in [-0.05, 0) is 48.2 Å². The number of carboxylic acids is 1. The number of para-hydroxylation sites is 2. The Balaban J connectivity index is 1.85. The highest BCUT2D eigenvalue weighted by atomic mass is 32.2. The van der Waals surface area contributed by atoms with Crippen molar-refractivity contribution in [2.45, 2.75) is 17.7 Å². The van der Waals surface area contributed by atoms with Gasteiger partial charge in [0.2, 0.25) is 0 Å². The minimum Gasteiger partial charge on any atom is -0.478 e. The summed E-state index contributed by atoms with van der Waals surface area (Å²) in [5, 5.41) is 20.3. The van der Waals surface area contributed by atoms with E-state index in [9.17, 15) is 23.3 Å². The van der Waals surface area contributed by atoms with Gasteiger partial charge in [0.25, 0.3) is 15.7 Å². The van der Waals surface area contributed by atoms with Crippen molar-refractivity contribution in [2.24, 2.45) is 0 Å². The number of anilines is 1. The van der Waals surface area contributed by atoms with Crippen LogP contribution in [0.4, 0.5) is 11.4 Å². The van der Waals surface area contributed by atoms with E-state index < -0.39 is 31.5 Å². The van der Waals surface area contributed by atoms with Gasteiger partial charge in [-0.3, -0.25) is 14.8 Å². The monoisotopic (exact) mass is 426 g/mol. The van der Waals surface area contributed by atoms with Crippen molar-refractivity contribution in [1.82, 2.24) is 0 Å². The maximum absolute atomic E-state index is 12.8. The molecule has 0 atom stereocenters. The quantitative estimate of drug-likeness (QED) is 0.416. The second-order valence-electron chi connectivity index (χ2n) is 6.49. The molecule has 30 heavy (non-hydrogen) atoms. The Bertz CT molecular complexity index is 1210. The molecule has 3 aromatic rings. The molecule has 154 valence electrons. The second-order valence-corrected chi connectivity index (χ2v) is 8.14. The number of hydrogen-bond acceptors (Lipinski definition) is 5. The first-order valence-corrected chi connectivity index (χ1v) is 10.4. The highest BCUT2D eigenvalue weighted by molar-refractivity contribution is 7.92. The molecule has 0 radical (unpaired) electrons. The largest absolute Gasteiger partial charge is 0.478 e. The lowest BCUT2D eigenvalue weighted by Gasteiger charge is -2.13. The summed E-state index contributed by atoms with van der Waals surface area (Å²) in [6.45, 7) is 0. The molecule has 0 aliphatic rings. The predicted octanol–water partition coefficient (Wildman–Crippen LogP) is 3.88. The van der Waals surface area contributed by atoms with E-state index >= 15 is 0 Å². The normalized spacial score (nSPS) is 11.1. The molecular weight excluding hydrogens is 408 g/mol. The Labute approximate surface area is 173 Å². The zero-order valence-corrected chi connectivity index (χ0v) is 16.5. The summed E-state index contributed by atoms with van der Waals surface area (Å²) in [5.41, 5.74) is 1.46. The van der Waals surface area contributed by atoms with Crippen LogP contribution >= 0.6 is 0 Å². The summed E-state index contributed by atoms with van der Waals surface area (Å²) < 4.78 is 28.0. The van der Waals surface area contributed by atoms with E-state index in [1.165, 1.54) is 24.3 Å². The minimum absolute atomic E-state index is 0.179. The van der Waals surface area contributed by atoms with Gasteiger partial charge in [0.05, 0.1) is 16.2 Å². The van der Waals surface area contributed by atoms with Gasteiger partial charge in [0.15, 0.2) is 4.90 Å². The molecule has 0 aliphatic heterocycles. The number of nitrogens with zero attached hydrogens (tertiary/aromatic N) is 1. The van der Waals surface area contributed by atoms with Crippen LogP contribution in [0.25, 0.3) is 0 Å². The Morgan fingerprint density at radius 2 is 1.67 bits per heavy atom. The molecule has 0 aromatic heterocycles.